The Morgan fingerprint density at radius 2 is 2.26 bits per heavy atom. The van der Waals surface area contributed by atoms with Gasteiger partial charge in [0.1, 0.15) is 5.75 Å². The summed E-state index contributed by atoms with van der Waals surface area (Å²) in [5.74, 6) is 2.32. The number of aryl methyl sites for hydroxylation is 1. The van der Waals surface area contributed by atoms with Crippen molar-refractivity contribution in [3.05, 3.63) is 34.8 Å². The number of benzene rings is 1. The van der Waals surface area contributed by atoms with E-state index >= 15 is 0 Å². The van der Waals surface area contributed by atoms with Crippen molar-refractivity contribution in [3.8, 4) is 17.1 Å². The van der Waals surface area contributed by atoms with E-state index in [2.05, 4.69) is 26.2 Å². The molecule has 5 heteroatoms. The van der Waals surface area contributed by atoms with E-state index in [9.17, 15) is 0 Å². The molecule has 4 nitrogen and oxygen atoms in total. The lowest BCUT2D eigenvalue weighted by atomic mass is 10.2. The lowest BCUT2D eigenvalue weighted by molar-refractivity contribution is 0.414. The molecule has 1 aromatic heterocycles. The van der Waals surface area contributed by atoms with Gasteiger partial charge in [0.15, 0.2) is 11.7 Å². The molecule has 0 aliphatic carbocycles. The minimum atomic E-state index is 0.755. The molecule has 0 unspecified atom stereocenters. The second-order valence-electron chi connectivity index (χ2n) is 4.17. The van der Waals surface area contributed by atoms with Crippen molar-refractivity contribution in [2.75, 3.05) is 20.7 Å². The number of halogens is 1. The van der Waals surface area contributed by atoms with Gasteiger partial charge in [-0.2, -0.15) is 0 Å². The molecule has 0 spiro atoms. The average Bonchev–Trinajstić information content (AvgIpc) is 2.88. The third-order valence-corrected chi connectivity index (χ3v) is 3.50. The van der Waals surface area contributed by atoms with E-state index in [1.54, 1.807) is 13.3 Å². The maximum absolute atomic E-state index is 5.77. The van der Waals surface area contributed by atoms with Crippen molar-refractivity contribution in [1.29, 1.82) is 0 Å². The van der Waals surface area contributed by atoms with Gasteiger partial charge in [0.25, 0.3) is 0 Å². The molecule has 2 aromatic rings. The van der Waals surface area contributed by atoms with Gasteiger partial charge in [0, 0.05) is 16.5 Å². The molecule has 2 rings (SSSR count). The Kier molecular flexibility index (Phi) is 4.99. The summed E-state index contributed by atoms with van der Waals surface area (Å²) < 4.78 is 12.0. The third-order valence-electron chi connectivity index (χ3n) is 2.81. The highest BCUT2D eigenvalue weighted by Gasteiger charge is 2.10. The van der Waals surface area contributed by atoms with Crippen LogP contribution in [0.1, 0.15) is 12.3 Å². The predicted molar refractivity (Wildman–Crippen MR) is 78.4 cm³/mol. The molecule has 0 saturated heterocycles. The lowest BCUT2D eigenvalue weighted by Gasteiger charge is -2.04. The molecule has 1 aromatic carbocycles. The van der Waals surface area contributed by atoms with Crippen LogP contribution in [0.2, 0.25) is 0 Å². The van der Waals surface area contributed by atoms with Gasteiger partial charge in [0.2, 0.25) is 0 Å². The van der Waals surface area contributed by atoms with Gasteiger partial charge in [-0.25, -0.2) is 4.98 Å². The Balaban J connectivity index is 2.17. The van der Waals surface area contributed by atoms with E-state index in [4.69, 9.17) is 9.15 Å². The van der Waals surface area contributed by atoms with Crippen molar-refractivity contribution in [2.45, 2.75) is 12.8 Å². The summed E-state index contributed by atoms with van der Waals surface area (Å²) in [6, 6.07) is 5.77. The topological polar surface area (TPSA) is 47.3 Å². The van der Waals surface area contributed by atoms with E-state index < -0.39 is 0 Å². The van der Waals surface area contributed by atoms with Crippen LogP contribution in [-0.2, 0) is 6.42 Å². The van der Waals surface area contributed by atoms with Crippen molar-refractivity contribution in [2.24, 2.45) is 0 Å². The first-order chi connectivity index (χ1) is 9.24. The molecule has 0 amide bonds. The molecule has 0 saturated carbocycles. The monoisotopic (exact) mass is 324 g/mol. The highest BCUT2D eigenvalue weighted by Crippen LogP contribution is 2.32. The second-order valence-corrected chi connectivity index (χ2v) is 5.03. The van der Waals surface area contributed by atoms with E-state index in [0.717, 1.165) is 46.8 Å². The van der Waals surface area contributed by atoms with E-state index in [0.29, 0.717) is 0 Å². The average molecular weight is 325 g/mol. The molecule has 102 valence electrons. The molecule has 0 radical (unpaired) electrons. The van der Waals surface area contributed by atoms with Gasteiger partial charge in [-0.3, -0.25) is 0 Å². The van der Waals surface area contributed by atoms with Crippen LogP contribution in [0.5, 0.6) is 5.75 Å². The maximum atomic E-state index is 5.77. The Bertz CT molecular complexity index is 540. The van der Waals surface area contributed by atoms with Crippen LogP contribution in [-0.4, -0.2) is 25.7 Å². The summed E-state index contributed by atoms with van der Waals surface area (Å²) in [5.41, 5.74) is 0.951. The quantitative estimate of drug-likeness (QED) is 0.828. The molecule has 0 aliphatic heterocycles. The zero-order valence-electron chi connectivity index (χ0n) is 11.1. The number of methoxy groups -OCH3 is 1. The fourth-order valence-corrected chi connectivity index (χ4v) is 2.23. The van der Waals surface area contributed by atoms with Crippen molar-refractivity contribution >= 4 is 15.9 Å². The van der Waals surface area contributed by atoms with Crippen LogP contribution in [0.3, 0.4) is 0 Å². The van der Waals surface area contributed by atoms with Gasteiger partial charge in [-0.15, -0.1) is 0 Å². The Morgan fingerprint density at radius 1 is 1.42 bits per heavy atom. The summed E-state index contributed by atoms with van der Waals surface area (Å²) >= 11 is 3.52. The summed E-state index contributed by atoms with van der Waals surface area (Å²) in [5, 5.41) is 3.11. The number of rotatable bonds is 6. The van der Waals surface area contributed by atoms with Gasteiger partial charge in [0.05, 0.1) is 13.3 Å². The number of nitrogens with zero attached hydrogens (tertiary/aromatic N) is 1. The fourth-order valence-electron chi connectivity index (χ4n) is 1.79. The predicted octanol–water partition coefficient (Wildman–Crippen LogP) is 3.26. The van der Waals surface area contributed by atoms with Crippen molar-refractivity contribution < 1.29 is 9.15 Å². The van der Waals surface area contributed by atoms with Crippen molar-refractivity contribution in [1.82, 2.24) is 10.3 Å². The van der Waals surface area contributed by atoms with Gasteiger partial charge >= 0.3 is 0 Å². The molecule has 0 bridgehead atoms. The second kappa shape index (κ2) is 6.73. The van der Waals surface area contributed by atoms with E-state index in [1.807, 2.05) is 25.2 Å². The Morgan fingerprint density at radius 3 is 3.00 bits per heavy atom. The Labute approximate surface area is 121 Å². The highest BCUT2D eigenvalue weighted by molar-refractivity contribution is 9.10. The zero-order chi connectivity index (χ0) is 13.7. The first-order valence-corrected chi connectivity index (χ1v) is 6.97. The fraction of sp³-hybridized carbons (Fsp3) is 0.357. The molecular formula is C14H17BrN2O2. The summed E-state index contributed by atoms with van der Waals surface area (Å²) in [6.07, 6.45) is 3.60. The number of oxazole rings is 1. The van der Waals surface area contributed by atoms with Crippen LogP contribution in [0, 0.1) is 0 Å². The van der Waals surface area contributed by atoms with Crippen LogP contribution in [0.25, 0.3) is 11.3 Å². The molecule has 1 N–H and O–H groups in total. The van der Waals surface area contributed by atoms with Crippen LogP contribution in [0.4, 0.5) is 0 Å². The molecule has 19 heavy (non-hydrogen) atoms. The molecule has 0 fully saturated rings. The number of hydrogen-bond acceptors (Lipinski definition) is 4. The minimum Gasteiger partial charge on any atom is -0.497 e. The summed E-state index contributed by atoms with van der Waals surface area (Å²) in [7, 11) is 3.59. The Hall–Kier alpha value is -1.33. The first-order valence-electron chi connectivity index (χ1n) is 6.18. The number of hydrogen-bond donors (Lipinski definition) is 1. The SMILES string of the molecule is CNCCCc1ncc(-c2cc(OC)ccc2Br)o1. The van der Waals surface area contributed by atoms with Gasteiger partial charge in [-0.1, -0.05) is 15.9 Å². The van der Waals surface area contributed by atoms with E-state index in [-0.39, 0.29) is 0 Å². The normalized spacial score (nSPS) is 10.7. The summed E-state index contributed by atoms with van der Waals surface area (Å²) in [4.78, 5) is 4.30. The number of nitrogens with one attached hydrogen (secondary N) is 1. The van der Waals surface area contributed by atoms with E-state index in [1.165, 1.54) is 0 Å². The maximum Gasteiger partial charge on any atom is 0.194 e. The first kappa shape index (κ1) is 14.1. The minimum absolute atomic E-state index is 0.755. The smallest absolute Gasteiger partial charge is 0.194 e. The highest BCUT2D eigenvalue weighted by atomic mass is 79.9. The zero-order valence-corrected chi connectivity index (χ0v) is 12.7. The number of ether oxygens (including phenoxy) is 1. The number of aromatic nitrogens is 1. The molecular weight excluding hydrogens is 308 g/mol. The summed E-state index contributed by atoms with van der Waals surface area (Å²) in [6.45, 7) is 0.959. The molecule has 0 aliphatic rings. The lowest BCUT2D eigenvalue weighted by Crippen LogP contribution is -2.08. The largest absolute Gasteiger partial charge is 0.497 e. The van der Waals surface area contributed by atoms with Crippen LogP contribution < -0.4 is 10.1 Å². The van der Waals surface area contributed by atoms with Crippen LogP contribution >= 0.6 is 15.9 Å². The van der Waals surface area contributed by atoms with Gasteiger partial charge in [-0.05, 0) is 38.2 Å². The standard InChI is InChI=1S/C14H17BrN2O2/c1-16-7-3-4-14-17-9-13(19-14)11-8-10(18-2)5-6-12(11)15/h5-6,8-9,16H,3-4,7H2,1-2H3. The molecule has 0 atom stereocenters. The van der Waals surface area contributed by atoms with Gasteiger partial charge < -0.3 is 14.5 Å². The van der Waals surface area contributed by atoms with Crippen molar-refractivity contribution in [3.63, 3.8) is 0 Å². The van der Waals surface area contributed by atoms with Crippen LogP contribution in [0.15, 0.2) is 33.3 Å². The molecule has 1 heterocycles. The third kappa shape index (κ3) is 3.58.